The number of aryl methyl sites for hydroxylation is 1. The van der Waals surface area contributed by atoms with Crippen LogP contribution in [0.5, 0.6) is 5.75 Å². The zero-order chi connectivity index (χ0) is 16.4. The number of fused-ring (bicyclic) bond motifs is 1. The lowest BCUT2D eigenvalue weighted by Gasteiger charge is -2.26. The number of hydrogen-bond acceptors (Lipinski definition) is 5. The quantitative estimate of drug-likeness (QED) is 0.881. The van der Waals surface area contributed by atoms with Gasteiger partial charge in [-0.2, -0.15) is 0 Å². The van der Waals surface area contributed by atoms with Gasteiger partial charge in [-0.15, -0.1) is 11.3 Å². The van der Waals surface area contributed by atoms with Gasteiger partial charge in [-0.1, -0.05) is 18.2 Å². The van der Waals surface area contributed by atoms with Gasteiger partial charge in [0.2, 0.25) is 0 Å². The number of likely N-dealkylation sites (N-methyl/N-ethyl adjacent to an activating group) is 1. The van der Waals surface area contributed by atoms with E-state index in [1.807, 2.05) is 42.6 Å². The predicted octanol–water partition coefficient (Wildman–Crippen LogP) is 2.69. The third-order valence-corrected chi connectivity index (χ3v) is 5.25. The number of carboxylic acid groups (broad SMARTS) is 1. The second kappa shape index (κ2) is 6.68. The summed E-state index contributed by atoms with van der Waals surface area (Å²) in [6.45, 7) is 3.27. The first-order valence-corrected chi connectivity index (χ1v) is 8.52. The van der Waals surface area contributed by atoms with Crippen molar-refractivity contribution in [2.24, 2.45) is 0 Å². The van der Waals surface area contributed by atoms with E-state index < -0.39 is 12.0 Å². The Kier molecular flexibility index (Phi) is 4.63. The minimum atomic E-state index is -0.850. The normalized spacial score (nSPS) is 14.6. The Morgan fingerprint density at radius 1 is 1.52 bits per heavy atom. The van der Waals surface area contributed by atoms with Crippen LogP contribution in [0, 0.1) is 6.92 Å². The van der Waals surface area contributed by atoms with Gasteiger partial charge in [0.25, 0.3) is 0 Å². The Labute approximate surface area is 139 Å². The lowest BCUT2D eigenvalue weighted by Crippen LogP contribution is -2.32. The molecule has 1 aromatic heterocycles. The lowest BCUT2D eigenvalue weighted by atomic mass is 10.0. The number of hydrogen-bond donors (Lipinski definition) is 1. The maximum absolute atomic E-state index is 11.9. The molecule has 0 amide bonds. The first-order valence-electron chi connectivity index (χ1n) is 7.64. The molecule has 1 unspecified atom stereocenters. The van der Waals surface area contributed by atoms with Crippen molar-refractivity contribution in [1.29, 1.82) is 0 Å². The summed E-state index contributed by atoms with van der Waals surface area (Å²) in [6.07, 6.45) is 1.64. The van der Waals surface area contributed by atoms with E-state index in [4.69, 9.17) is 4.74 Å². The number of thiazole rings is 1. The molecule has 1 aromatic carbocycles. The second-order valence-electron chi connectivity index (χ2n) is 5.77. The molecule has 1 aliphatic rings. The SMILES string of the molecule is Cc1ncsc1CCN(C)C(C(=O)O)c1cccc2c1OCC2. The van der Waals surface area contributed by atoms with E-state index in [2.05, 4.69) is 4.98 Å². The summed E-state index contributed by atoms with van der Waals surface area (Å²) in [4.78, 5) is 19.2. The maximum atomic E-state index is 11.9. The summed E-state index contributed by atoms with van der Waals surface area (Å²) >= 11 is 1.62. The highest BCUT2D eigenvalue weighted by molar-refractivity contribution is 7.09. The first-order chi connectivity index (χ1) is 11.1. The molecule has 122 valence electrons. The number of ether oxygens (including phenoxy) is 1. The van der Waals surface area contributed by atoms with Gasteiger partial charge in [-0.25, -0.2) is 4.98 Å². The Balaban J connectivity index is 1.80. The van der Waals surface area contributed by atoms with E-state index in [1.54, 1.807) is 11.3 Å². The molecule has 0 spiro atoms. The average molecular weight is 332 g/mol. The van der Waals surface area contributed by atoms with E-state index in [-0.39, 0.29) is 0 Å². The number of carbonyl (C=O) groups is 1. The van der Waals surface area contributed by atoms with Crippen LogP contribution in [-0.2, 0) is 17.6 Å². The summed E-state index contributed by atoms with van der Waals surface area (Å²) in [7, 11) is 1.85. The van der Waals surface area contributed by atoms with Gasteiger partial charge in [-0.3, -0.25) is 9.69 Å². The molecule has 3 rings (SSSR count). The Morgan fingerprint density at radius 3 is 3.04 bits per heavy atom. The number of benzene rings is 1. The summed E-state index contributed by atoms with van der Waals surface area (Å²) in [6, 6.07) is 5.08. The van der Waals surface area contributed by atoms with Crippen molar-refractivity contribution in [1.82, 2.24) is 9.88 Å². The van der Waals surface area contributed by atoms with E-state index in [9.17, 15) is 9.90 Å². The number of aliphatic carboxylic acids is 1. The van der Waals surface area contributed by atoms with Crippen molar-refractivity contribution in [2.75, 3.05) is 20.2 Å². The van der Waals surface area contributed by atoms with Gasteiger partial charge in [0, 0.05) is 23.4 Å². The monoisotopic (exact) mass is 332 g/mol. The van der Waals surface area contributed by atoms with Gasteiger partial charge in [0.05, 0.1) is 17.8 Å². The molecule has 0 saturated heterocycles. The van der Waals surface area contributed by atoms with Crippen molar-refractivity contribution in [3.63, 3.8) is 0 Å². The van der Waals surface area contributed by atoms with Gasteiger partial charge < -0.3 is 9.84 Å². The Hall–Kier alpha value is -1.92. The molecule has 6 heteroatoms. The van der Waals surface area contributed by atoms with Gasteiger partial charge >= 0.3 is 5.97 Å². The maximum Gasteiger partial charge on any atom is 0.325 e. The number of aromatic nitrogens is 1. The molecule has 0 saturated carbocycles. The number of carboxylic acids is 1. The summed E-state index contributed by atoms with van der Waals surface area (Å²) < 4.78 is 5.68. The van der Waals surface area contributed by atoms with Crippen LogP contribution in [0.1, 0.15) is 27.7 Å². The molecule has 2 aromatic rings. The predicted molar refractivity (Wildman–Crippen MR) is 89.2 cm³/mol. The van der Waals surface area contributed by atoms with Crippen LogP contribution in [-0.4, -0.2) is 41.2 Å². The fourth-order valence-corrected chi connectivity index (χ4v) is 3.76. The van der Waals surface area contributed by atoms with Crippen LogP contribution < -0.4 is 4.74 Å². The fourth-order valence-electron chi connectivity index (χ4n) is 2.99. The highest BCUT2D eigenvalue weighted by Gasteiger charge is 2.30. The van der Waals surface area contributed by atoms with Crippen molar-refractivity contribution >= 4 is 17.3 Å². The van der Waals surface area contributed by atoms with E-state index in [0.717, 1.165) is 35.4 Å². The highest BCUT2D eigenvalue weighted by atomic mass is 32.1. The Morgan fingerprint density at radius 2 is 2.35 bits per heavy atom. The average Bonchev–Trinajstić information content (AvgIpc) is 3.14. The number of para-hydroxylation sites is 1. The van der Waals surface area contributed by atoms with Gasteiger partial charge in [0.15, 0.2) is 0 Å². The first kappa shape index (κ1) is 16.0. The third-order valence-electron chi connectivity index (χ3n) is 4.25. The van der Waals surface area contributed by atoms with E-state index in [1.165, 1.54) is 4.88 Å². The molecule has 1 aliphatic heterocycles. The van der Waals surface area contributed by atoms with Crippen LogP contribution in [0.2, 0.25) is 0 Å². The van der Waals surface area contributed by atoms with Gasteiger partial charge in [0.1, 0.15) is 11.8 Å². The van der Waals surface area contributed by atoms with Crippen LogP contribution in [0.25, 0.3) is 0 Å². The molecule has 0 fully saturated rings. The Bertz CT molecular complexity index is 714. The molecule has 0 aliphatic carbocycles. The summed E-state index contributed by atoms with van der Waals surface area (Å²) in [5.41, 5.74) is 4.70. The van der Waals surface area contributed by atoms with Crippen LogP contribution in [0.4, 0.5) is 0 Å². The molecule has 1 atom stereocenters. The van der Waals surface area contributed by atoms with E-state index in [0.29, 0.717) is 13.2 Å². The molecule has 2 heterocycles. The van der Waals surface area contributed by atoms with E-state index >= 15 is 0 Å². The van der Waals surface area contributed by atoms with Gasteiger partial charge in [-0.05, 0) is 26.0 Å². The lowest BCUT2D eigenvalue weighted by molar-refractivity contribution is -0.143. The molecule has 0 bridgehead atoms. The number of nitrogens with zero attached hydrogens (tertiary/aromatic N) is 2. The summed E-state index contributed by atoms with van der Waals surface area (Å²) in [5.74, 6) is -0.0989. The topological polar surface area (TPSA) is 62.7 Å². The molecule has 0 radical (unpaired) electrons. The zero-order valence-corrected chi connectivity index (χ0v) is 14.1. The zero-order valence-electron chi connectivity index (χ0n) is 13.3. The smallest absolute Gasteiger partial charge is 0.325 e. The van der Waals surface area contributed by atoms with Crippen molar-refractivity contribution in [3.05, 3.63) is 45.4 Å². The minimum Gasteiger partial charge on any atom is -0.493 e. The number of rotatable bonds is 6. The summed E-state index contributed by atoms with van der Waals surface area (Å²) in [5, 5.41) is 9.73. The molecular formula is C17H20N2O3S. The second-order valence-corrected chi connectivity index (χ2v) is 6.71. The van der Waals surface area contributed by atoms with Crippen molar-refractivity contribution in [2.45, 2.75) is 25.8 Å². The molecule has 1 N–H and O–H groups in total. The highest BCUT2D eigenvalue weighted by Crippen LogP contribution is 2.35. The van der Waals surface area contributed by atoms with Crippen LogP contribution >= 0.6 is 11.3 Å². The molecule has 5 nitrogen and oxygen atoms in total. The standard InChI is InChI=1S/C17H20N2O3S/c1-11-14(23-10-18-11)6-8-19(2)15(17(20)21)13-5-3-4-12-7-9-22-16(12)13/h3-5,10,15H,6-9H2,1-2H3,(H,20,21). The van der Waals surface area contributed by atoms with Crippen molar-refractivity contribution in [3.8, 4) is 5.75 Å². The van der Waals surface area contributed by atoms with Crippen LogP contribution in [0.15, 0.2) is 23.7 Å². The van der Waals surface area contributed by atoms with Crippen LogP contribution in [0.3, 0.4) is 0 Å². The largest absolute Gasteiger partial charge is 0.493 e. The fraction of sp³-hybridized carbons (Fsp3) is 0.412. The third kappa shape index (κ3) is 3.23. The molecular weight excluding hydrogens is 312 g/mol. The molecule has 23 heavy (non-hydrogen) atoms. The minimum absolute atomic E-state index is 0.627. The van der Waals surface area contributed by atoms with Crippen molar-refractivity contribution < 1.29 is 14.6 Å².